The fourth-order valence-electron chi connectivity index (χ4n) is 1.07. The molecule has 0 bridgehead atoms. The van der Waals surface area contributed by atoms with Crippen molar-refractivity contribution in [2.24, 2.45) is 5.73 Å². The van der Waals surface area contributed by atoms with E-state index in [0.717, 1.165) is 10.6 Å². The van der Waals surface area contributed by atoms with Gasteiger partial charge in [-0.15, -0.1) is 11.3 Å². The third-order valence-electron chi connectivity index (χ3n) is 1.91. The van der Waals surface area contributed by atoms with E-state index in [9.17, 15) is 0 Å². The molecular weight excluding hydrogens is 216 g/mol. The van der Waals surface area contributed by atoms with Crippen LogP contribution in [-0.2, 0) is 0 Å². The molecule has 1 atom stereocenters. The van der Waals surface area contributed by atoms with Crippen molar-refractivity contribution in [3.05, 3.63) is 17.0 Å². The molecule has 2 aromatic heterocycles. The van der Waals surface area contributed by atoms with E-state index in [0.29, 0.717) is 11.7 Å². The Morgan fingerprint density at radius 2 is 2.47 bits per heavy atom. The van der Waals surface area contributed by atoms with Crippen molar-refractivity contribution >= 4 is 11.3 Å². The lowest BCUT2D eigenvalue weighted by Crippen LogP contribution is -2.15. The van der Waals surface area contributed by atoms with Crippen LogP contribution in [0.15, 0.2) is 10.0 Å². The van der Waals surface area contributed by atoms with Crippen molar-refractivity contribution in [3.63, 3.8) is 0 Å². The second-order valence-electron chi connectivity index (χ2n) is 3.01. The van der Waals surface area contributed by atoms with Crippen LogP contribution in [0, 0.1) is 6.92 Å². The first-order valence-corrected chi connectivity index (χ1v) is 5.21. The third kappa shape index (κ3) is 1.89. The van der Waals surface area contributed by atoms with E-state index in [1.807, 2.05) is 6.92 Å². The molecule has 0 radical (unpaired) electrons. The van der Waals surface area contributed by atoms with Gasteiger partial charge in [-0.25, -0.2) is 4.98 Å². The first-order valence-electron chi connectivity index (χ1n) is 4.33. The lowest BCUT2D eigenvalue weighted by molar-refractivity contribution is 0.260. The number of hydrogen-bond acceptors (Lipinski definition) is 7. The fourth-order valence-corrected chi connectivity index (χ4v) is 1.79. The molecule has 0 aliphatic heterocycles. The van der Waals surface area contributed by atoms with Crippen molar-refractivity contribution in [3.8, 4) is 10.8 Å². The maximum absolute atomic E-state index is 8.83. The standard InChI is InChI=1S/C8H10N4O2S/c1-4-6(15-3-10-4)8-11-7(12-14-8)5(9)2-13/h3,5,13H,2,9H2,1H3. The van der Waals surface area contributed by atoms with E-state index >= 15 is 0 Å². The number of aromatic nitrogens is 3. The molecule has 2 heterocycles. The highest BCUT2D eigenvalue weighted by molar-refractivity contribution is 7.13. The number of thiazole rings is 1. The van der Waals surface area contributed by atoms with Gasteiger partial charge in [-0.2, -0.15) is 4.98 Å². The Morgan fingerprint density at radius 1 is 1.67 bits per heavy atom. The van der Waals surface area contributed by atoms with E-state index in [1.54, 1.807) is 5.51 Å². The smallest absolute Gasteiger partial charge is 0.269 e. The van der Waals surface area contributed by atoms with Crippen molar-refractivity contribution in [2.75, 3.05) is 6.61 Å². The van der Waals surface area contributed by atoms with E-state index in [-0.39, 0.29) is 6.61 Å². The van der Waals surface area contributed by atoms with Crippen LogP contribution in [0.3, 0.4) is 0 Å². The minimum absolute atomic E-state index is 0.208. The van der Waals surface area contributed by atoms with Gasteiger partial charge >= 0.3 is 0 Å². The SMILES string of the molecule is Cc1ncsc1-c1nc(C(N)CO)no1. The number of aliphatic hydroxyl groups is 1. The minimum atomic E-state index is -0.601. The van der Waals surface area contributed by atoms with Gasteiger partial charge in [0, 0.05) is 0 Å². The van der Waals surface area contributed by atoms with Gasteiger partial charge in [0.2, 0.25) is 0 Å². The summed E-state index contributed by atoms with van der Waals surface area (Å²) in [6, 6.07) is -0.601. The molecule has 80 valence electrons. The maximum atomic E-state index is 8.83. The summed E-state index contributed by atoms with van der Waals surface area (Å²) in [6.45, 7) is 1.66. The molecule has 0 saturated carbocycles. The molecular formula is C8H10N4O2S. The molecule has 0 aliphatic rings. The van der Waals surface area contributed by atoms with Crippen LogP contribution in [0.25, 0.3) is 10.8 Å². The highest BCUT2D eigenvalue weighted by atomic mass is 32.1. The number of rotatable bonds is 3. The van der Waals surface area contributed by atoms with Crippen molar-refractivity contribution in [1.29, 1.82) is 0 Å². The molecule has 2 rings (SSSR count). The van der Waals surface area contributed by atoms with E-state index in [2.05, 4.69) is 15.1 Å². The summed E-state index contributed by atoms with van der Waals surface area (Å²) in [4.78, 5) is 9.00. The van der Waals surface area contributed by atoms with Gasteiger partial charge in [0.05, 0.1) is 23.9 Å². The summed E-state index contributed by atoms with van der Waals surface area (Å²) < 4.78 is 5.03. The van der Waals surface area contributed by atoms with Crippen LogP contribution in [0.5, 0.6) is 0 Å². The van der Waals surface area contributed by atoms with Gasteiger partial charge in [-0.1, -0.05) is 5.16 Å². The number of nitrogens with two attached hydrogens (primary N) is 1. The van der Waals surface area contributed by atoms with Crippen LogP contribution < -0.4 is 5.73 Å². The van der Waals surface area contributed by atoms with Crippen LogP contribution in [-0.4, -0.2) is 26.8 Å². The Balaban J connectivity index is 2.32. The quantitative estimate of drug-likeness (QED) is 0.790. The molecule has 0 saturated heterocycles. The van der Waals surface area contributed by atoms with Gasteiger partial charge in [-0.3, -0.25) is 0 Å². The Bertz CT molecular complexity index is 453. The van der Waals surface area contributed by atoms with Crippen LogP contribution >= 0.6 is 11.3 Å². The van der Waals surface area contributed by atoms with Crippen LogP contribution in [0.1, 0.15) is 17.6 Å². The summed E-state index contributed by atoms with van der Waals surface area (Å²) in [5, 5.41) is 12.5. The number of nitrogens with zero attached hydrogens (tertiary/aromatic N) is 3. The molecule has 15 heavy (non-hydrogen) atoms. The average molecular weight is 226 g/mol. The summed E-state index contributed by atoms with van der Waals surface area (Å²) in [6.07, 6.45) is 0. The molecule has 0 aromatic carbocycles. The summed E-state index contributed by atoms with van der Waals surface area (Å²) in [7, 11) is 0. The first-order chi connectivity index (χ1) is 7.22. The van der Waals surface area contributed by atoms with Gasteiger partial charge in [0.15, 0.2) is 5.82 Å². The Kier molecular flexibility index (Phi) is 2.76. The largest absolute Gasteiger partial charge is 0.394 e. The zero-order valence-corrected chi connectivity index (χ0v) is 8.86. The van der Waals surface area contributed by atoms with Gasteiger partial charge in [0.25, 0.3) is 5.89 Å². The predicted molar refractivity (Wildman–Crippen MR) is 54.2 cm³/mol. The monoisotopic (exact) mass is 226 g/mol. The normalized spacial score (nSPS) is 13.0. The molecule has 7 heteroatoms. The van der Waals surface area contributed by atoms with Gasteiger partial charge in [-0.05, 0) is 6.92 Å². The van der Waals surface area contributed by atoms with Gasteiger partial charge in [0.1, 0.15) is 4.88 Å². The second-order valence-corrected chi connectivity index (χ2v) is 3.87. The second kappa shape index (κ2) is 4.05. The van der Waals surface area contributed by atoms with Crippen molar-refractivity contribution in [1.82, 2.24) is 15.1 Å². The Labute approximate surface area is 89.8 Å². The van der Waals surface area contributed by atoms with Crippen LogP contribution in [0.4, 0.5) is 0 Å². The maximum Gasteiger partial charge on any atom is 0.269 e. The molecule has 0 aliphatic carbocycles. The van der Waals surface area contributed by atoms with Crippen LogP contribution in [0.2, 0.25) is 0 Å². The summed E-state index contributed by atoms with van der Waals surface area (Å²) in [5.74, 6) is 0.703. The lowest BCUT2D eigenvalue weighted by atomic mass is 10.3. The minimum Gasteiger partial charge on any atom is -0.394 e. The molecule has 6 nitrogen and oxygen atoms in total. The van der Waals surface area contributed by atoms with Gasteiger partial charge < -0.3 is 15.4 Å². The highest BCUT2D eigenvalue weighted by Gasteiger charge is 2.16. The molecule has 1 unspecified atom stereocenters. The zero-order chi connectivity index (χ0) is 10.8. The number of aryl methyl sites for hydroxylation is 1. The third-order valence-corrected chi connectivity index (χ3v) is 2.83. The van der Waals surface area contributed by atoms with E-state index in [4.69, 9.17) is 15.4 Å². The zero-order valence-electron chi connectivity index (χ0n) is 8.04. The average Bonchev–Trinajstić information content (AvgIpc) is 2.84. The number of aliphatic hydroxyl groups excluding tert-OH is 1. The molecule has 0 fully saturated rings. The number of hydrogen-bond donors (Lipinski definition) is 2. The molecule has 3 N–H and O–H groups in total. The molecule has 2 aromatic rings. The predicted octanol–water partition coefficient (Wildman–Crippen LogP) is 0.494. The lowest BCUT2D eigenvalue weighted by Gasteiger charge is -1.98. The topological polar surface area (TPSA) is 98.1 Å². The Hall–Kier alpha value is -1.31. The van der Waals surface area contributed by atoms with Crippen molar-refractivity contribution < 1.29 is 9.63 Å². The molecule has 0 spiro atoms. The Morgan fingerprint density at radius 3 is 3.07 bits per heavy atom. The molecule has 0 amide bonds. The van der Waals surface area contributed by atoms with E-state index in [1.165, 1.54) is 11.3 Å². The summed E-state index contributed by atoms with van der Waals surface area (Å²) >= 11 is 1.42. The van der Waals surface area contributed by atoms with Crippen molar-refractivity contribution in [2.45, 2.75) is 13.0 Å². The summed E-state index contributed by atoms with van der Waals surface area (Å²) in [5.41, 5.74) is 8.10. The first kappa shape index (κ1) is 10.2. The van der Waals surface area contributed by atoms with E-state index < -0.39 is 6.04 Å². The fraction of sp³-hybridized carbons (Fsp3) is 0.375. The highest BCUT2D eigenvalue weighted by Crippen LogP contribution is 2.25.